The van der Waals surface area contributed by atoms with E-state index < -0.39 is 0 Å². The van der Waals surface area contributed by atoms with Crippen LogP contribution >= 0.6 is 0 Å². The Morgan fingerprint density at radius 3 is 2.62 bits per heavy atom. The molecule has 0 aliphatic heterocycles. The van der Waals surface area contributed by atoms with Gasteiger partial charge in [-0.15, -0.1) is 0 Å². The van der Waals surface area contributed by atoms with E-state index in [0.717, 1.165) is 25.0 Å². The second-order valence-corrected chi connectivity index (χ2v) is 6.27. The number of unbranched alkanes of at least 4 members (excludes halogenated alkanes) is 2. The molecule has 2 aromatic heterocycles. The van der Waals surface area contributed by atoms with Crippen molar-refractivity contribution in [1.82, 2.24) is 19.7 Å². The Labute approximate surface area is 152 Å². The Kier molecular flexibility index (Phi) is 5.51. The van der Waals surface area contributed by atoms with E-state index in [1.54, 1.807) is 22.9 Å². The highest BCUT2D eigenvalue weighted by Crippen LogP contribution is 2.22. The maximum atomic E-state index is 13.3. The SMILES string of the molecule is CCCCCNC(=O)c1cc(-c2cccn2C)nn1-c1ccc(F)cc1. The minimum atomic E-state index is -0.325. The summed E-state index contributed by atoms with van der Waals surface area (Å²) in [6.45, 7) is 2.75. The van der Waals surface area contributed by atoms with Gasteiger partial charge in [-0.2, -0.15) is 5.10 Å². The zero-order chi connectivity index (χ0) is 18.5. The number of carbonyl (C=O) groups is 1. The molecule has 1 aromatic carbocycles. The van der Waals surface area contributed by atoms with E-state index in [1.165, 1.54) is 12.1 Å². The number of aryl methyl sites for hydroxylation is 1. The first-order valence-electron chi connectivity index (χ1n) is 8.86. The summed E-state index contributed by atoms with van der Waals surface area (Å²) < 4.78 is 16.8. The highest BCUT2D eigenvalue weighted by molar-refractivity contribution is 5.94. The van der Waals surface area contributed by atoms with Crippen LogP contribution in [0, 0.1) is 5.82 Å². The molecule has 0 spiro atoms. The van der Waals surface area contributed by atoms with Gasteiger partial charge in [0.05, 0.1) is 11.4 Å². The molecule has 6 heteroatoms. The summed E-state index contributed by atoms with van der Waals surface area (Å²) >= 11 is 0. The fourth-order valence-corrected chi connectivity index (χ4v) is 2.84. The average Bonchev–Trinajstić information content (AvgIpc) is 3.25. The Hall–Kier alpha value is -2.89. The molecule has 1 N–H and O–H groups in total. The van der Waals surface area contributed by atoms with Crippen molar-refractivity contribution in [3.05, 3.63) is 60.2 Å². The Bertz CT molecular complexity index is 880. The van der Waals surface area contributed by atoms with Gasteiger partial charge in [0.2, 0.25) is 0 Å². The van der Waals surface area contributed by atoms with Crippen LogP contribution in [0.25, 0.3) is 17.1 Å². The maximum absolute atomic E-state index is 13.3. The molecule has 0 unspecified atom stereocenters. The number of hydrogen-bond acceptors (Lipinski definition) is 2. The minimum absolute atomic E-state index is 0.182. The fourth-order valence-electron chi connectivity index (χ4n) is 2.84. The molecular weight excluding hydrogens is 331 g/mol. The molecule has 0 fully saturated rings. The largest absolute Gasteiger partial charge is 0.351 e. The summed E-state index contributed by atoms with van der Waals surface area (Å²) in [6, 6.07) is 11.6. The van der Waals surface area contributed by atoms with Crippen LogP contribution in [0.1, 0.15) is 36.7 Å². The number of aromatic nitrogens is 3. The van der Waals surface area contributed by atoms with Crippen LogP contribution in [0.4, 0.5) is 4.39 Å². The van der Waals surface area contributed by atoms with Crippen molar-refractivity contribution in [1.29, 1.82) is 0 Å². The van der Waals surface area contributed by atoms with Crippen LogP contribution < -0.4 is 5.32 Å². The molecule has 1 amide bonds. The van der Waals surface area contributed by atoms with Crippen LogP contribution in [0.3, 0.4) is 0 Å². The second kappa shape index (κ2) is 7.99. The van der Waals surface area contributed by atoms with Gasteiger partial charge in [-0.1, -0.05) is 19.8 Å². The van der Waals surface area contributed by atoms with Crippen molar-refractivity contribution in [3.63, 3.8) is 0 Å². The molecule has 0 saturated carbocycles. The van der Waals surface area contributed by atoms with Crippen LogP contribution in [0.15, 0.2) is 48.7 Å². The number of amides is 1. The van der Waals surface area contributed by atoms with Gasteiger partial charge in [-0.05, 0) is 48.9 Å². The lowest BCUT2D eigenvalue weighted by Gasteiger charge is -2.08. The van der Waals surface area contributed by atoms with Gasteiger partial charge in [-0.25, -0.2) is 9.07 Å². The van der Waals surface area contributed by atoms with E-state index in [1.807, 2.05) is 29.9 Å². The van der Waals surface area contributed by atoms with E-state index in [4.69, 9.17) is 0 Å². The smallest absolute Gasteiger partial charge is 0.270 e. The molecule has 26 heavy (non-hydrogen) atoms. The van der Waals surface area contributed by atoms with Crippen LogP contribution in [0.5, 0.6) is 0 Å². The molecule has 0 radical (unpaired) electrons. The number of hydrogen-bond donors (Lipinski definition) is 1. The van der Waals surface area contributed by atoms with E-state index in [9.17, 15) is 9.18 Å². The molecule has 5 nitrogen and oxygen atoms in total. The van der Waals surface area contributed by atoms with Gasteiger partial charge in [0.1, 0.15) is 17.2 Å². The predicted molar refractivity (Wildman–Crippen MR) is 99.8 cm³/mol. The second-order valence-electron chi connectivity index (χ2n) is 6.27. The van der Waals surface area contributed by atoms with Crippen molar-refractivity contribution >= 4 is 5.91 Å². The van der Waals surface area contributed by atoms with Gasteiger partial charge in [-0.3, -0.25) is 4.79 Å². The minimum Gasteiger partial charge on any atom is -0.351 e. The molecule has 0 aliphatic carbocycles. The van der Waals surface area contributed by atoms with Crippen molar-refractivity contribution in [2.45, 2.75) is 26.2 Å². The van der Waals surface area contributed by atoms with E-state index in [2.05, 4.69) is 17.3 Å². The normalized spacial score (nSPS) is 10.9. The lowest BCUT2D eigenvalue weighted by molar-refractivity contribution is 0.0945. The van der Waals surface area contributed by atoms with Gasteiger partial charge in [0.15, 0.2) is 0 Å². The van der Waals surface area contributed by atoms with E-state index in [0.29, 0.717) is 23.6 Å². The number of nitrogens with zero attached hydrogens (tertiary/aromatic N) is 3. The summed E-state index contributed by atoms with van der Waals surface area (Å²) in [7, 11) is 1.93. The zero-order valence-electron chi connectivity index (χ0n) is 15.1. The monoisotopic (exact) mass is 354 g/mol. The molecule has 0 atom stereocenters. The zero-order valence-corrected chi connectivity index (χ0v) is 15.1. The summed E-state index contributed by atoms with van der Waals surface area (Å²) in [5, 5.41) is 7.54. The van der Waals surface area contributed by atoms with Gasteiger partial charge in [0.25, 0.3) is 5.91 Å². The highest BCUT2D eigenvalue weighted by Gasteiger charge is 2.18. The maximum Gasteiger partial charge on any atom is 0.270 e. The molecule has 0 saturated heterocycles. The number of carbonyl (C=O) groups excluding carboxylic acids is 1. The fraction of sp³-hybridized carbons (Fsp3) is 0.300. The molecule has 3 rings (SSSR count). The average molecular weight is 354 g/mol. The van der Waals surface area contributed by atoms with Crippen molar-refractivity contribution in [2.24, 2.45) is 7.05 Å². The Morgan fingerprint density at radius 2 is 1.96 bits per heavy atom. The van der Waals surface area contributed by atoms with Crippen LogP contribution in [-0.2, 0) is 7.05 Å². The lowest BCUT2D eigenvalue weighted by Crippen LogP contribution is -2.26. The first-order valence-corrected chi connectivity index (χ1v) is 8.86. The van der Waals surface area contributed by atoms with Gasteiger partial charge < -0.3 is 9.88 Å². The third-order valence-electron chi connectivity index (χ3n) is 4.29. The number of benzene rings is 1. The standard InChI is InChI=1S/C20H23FN4O/c1-3-4-5-12-22-20(26)19-14-17(18-7-6-13-24(18)2)23-25(19)16-10-8-15(21)9-11-16/h6-11,13-14H,3-5,12H2,1-2H3,(H,22,26). The van der Waals surface area contributed by atoms with Crippen molar-refractivity contribution in [3.8, 4) is 17.1 Å². The topological polar surface area (TPSA) is 51.9 Å². The number of nitrogens with one attached hydrogen (secondary N) is 1. The first kappa shape index (κ1) is 17.9. The highest BCUT2D eigenvalue weighted by atomic mass is 19.1. The van der Waals surface area contributed by atoms with Crippen molar-refractivity contribution in [2.75, 3.05) is 6.54 Å². The molecule has 0 aliphatic rings. The Balaban J connectivity index is 1.95. The van der Waals surface area contributed by atoms with Crippen LogP contribution in [-0.4, -0.2) is 26.8 Å². The molecule has 2 heterocycles. The summed E-state index contributed by atoms with van der Waals surface area (Å²) in [5.41, 5.74) is 2.68. The predicted octanol–water partition coefficient (Wildman–Crippen LogP) is 3.94. The third-order valence-corrected chi connectivity index (χ3v) is 4.29. The van der Waals surface area contributed by atoms with Gasteiger partial charge >= 0.3 is 0 Å². The van der Waals surface area contributed by atoms with Gasteiger partial charge in [0, 0.05) is 19.8 Å². The molecular formula is C20H23FN4O. The lowest BCUT2D eigenvalue weighted by atomic mass is 10.2. The van der Waals surface area contributed by atoms with Crippen LogP contribution in [0.2, 0.25) is 0 Å². The summed E-state index contributed by atoms with van der Waals surface area (Å²) in [5.74, 6) is -0.507. The summed E-state index contributed by atoms with van der Waals surface area (Å²) in [6.07, 6.45) is 5.04. The number of rotatable bonds is 7. The van der Waals surface area contributed by atoms with E-state index >= 15 is 0 Å². The first-order chi connectivity index (χ1) is 12.6. The quantitative estimate of drug-likeness (QED) is 0.654. The third kappa shape index (κ3) is 3.85. The van der Waals surface area contributed by atoms with Crippen molar-refractivity contribution < 1.29 is 9.18 Å². The number of halogens is 1. The molecule has 136 valence electrons. The molecule has 0 bridgehead atoms. The summed E-state index contributed by atoms with van der Waals surface area (Å²) in [4.78, 5) is 12.7. The molecule has 3 aromatic rings. The van der Waals surface area contributed by atoms with E-state index in [-0.39, 0.29) is 11.7 Å². The Morgan fingerprint density at radius 1 is 1.19 bits per heavy atom.